The van der Waals surface area contributed by atoms with E-state index in [1.165, 1.54) is 45.3 Å². The fourth-order valence-corrected chi connectivity index (χ4v) is 4.28. The highest BCUT2D eigenvalue weighted by atomic mass is 32.2. The first kappa shape index (κ1) is 22.8. The number of nitro groups is 1. The fraction of sp³-hybridized carbons (Fsp3) is 0.136. The highest BCUT2D eigenvalue weighted by molar-refractivity contribution is 7.92. The Balaban J connectivity index is 1.95. The lowest BCUT2D eigenvalue weighted by atomic mass is 10.1. The number of hydrogen-bond acceptors (Lipinski definition) is 6. The van der Waals surface area contributed by atoms with Crippen molar-refractivity contribution in [1.82, 2.24) is 0 Å². The molecular weight excluding hydrogens is 434 g/mol. The van der Waals surface area contributed by atoms with Crippen LogP contribution in [0.4, 0.5) is 17.1 Å². The molecule has 0 atom stereocenters. The molecule has 0 bridgehead atoms. The predicted octanol–water partition coefficient (Wildman–Crippen LogP) is 3.99. The molecule has 3 aromatic rings. The number of aryl methyl sites for hydroxylation is 1. The first-order chi connectivity index (χ1) is 15.1. The quantitative estimate of drug-likeness (QED) is 0.425. The van der Waals surface area contributed by atoms with E-state index in [1.54, 1.807) is 36.4 Å². The van der Waals surface area contributed by atoms with Crippen molar-refractivity contribution < 1.29 is 22.9 Å². The minimum absolute atomic E-state index is 0.121. The lowest BCUT2D eigenvalue weighted by Crippen LogP contribution is -2.29. The third-order valence-corrected chi connectivity index (χ3v) is 6.64. The molecular formula is C22H21N3O6S. The van der Waals surface area contributed by atoms with Gasteiger partial charge >= 0.3 is 0 Å². The number of nitrogens with one attached hydrogen (secondary N) is 1. The van der Waals surface area contributed by atoms with Gasteiger partial charge in [-0.3, -0.25) is 19.2 Å². The molecule has 0 unspecified atom stereocenters. The van der Waals surface area contributed by atoms with Gasteiger partial charge in [0.15, 0.2) is 0 Å². The second-order valence-electron chi connectivity index (χ2n) is 6.88. The third kappa shape index (κ3) is 4.54. The number of benzene rings is 3. The van der Waals surface area contributed by atoms with E-state index in [0.29, 0.717) is 17.0 Å². The first-order valence-electron chi connectivity index (χ1n) is 9.43. The van der Waals surface area contributed by atoms with E-state index in [4.69, 9.17) is 4.74 Å². The SMILES string of the molecule is COc1ccc(NC(=O)c2ccccc2N(C)S(=O)(=O)c2ccc(C)c([N+](=O)[O-])c2)cc1. The van der Waals surface area contributed by atoms with Crippen molar-refractivity contribution in [2.75, 3.05) is 23.8 Å². The van der Waals surface area contributed by atoms with Crippen LogP contribution in [0.25, 0.3) is 0 Å². The molecule has 0 aliphatic rings. The molecule has 0 aliphatic carbocycles. The zero-order valence-corrected chi connectivity index (χ0v) is 18.4. The van der Waals surface area contributed by atoms with Gasteiger partial charge in [-0.25, -0.2) is 8.42 Å². The number of nitro benzene ring substituents is 1. The summed E-state index contributed by atoms with van der Waals surface area (Å²) in [5.41, 5.74) is 0.795. The Hall–Kier alpha value is -3.92. The third-order valence-electron chi connectivity index (χ3n) is 4.87. The topological polar surface area (TPSA) is 119 Å². The Morgan fingerprint density at radius 3 is 2.34 bits per heavy atom. The Bertz CT molecular complexity index is 1270. The van der Waals surface area contributed by atoms with Crippen LogP contribution >= 0.6 is 0 Å². The van der Waals surface area contributed by atoms with Gasteiger partial charge in [0, 0.05) is 24.4 Å². The lowest BCUT2D eigenvalue weighted by Gasteiger charge is -2.22. The van der Waals surface area contributed by atoms with E-state index in [-0.39, 0.29) is 21.8 Å². The van der Waals surface area contributed by atoms with Crippen LogP contribution in [-0.4, -0.2) is 33.4 Å². The Kier molecular flexibility index (Phi) is 6.45. The number of carbonyl (C=O) groups is 1. The predicted molar refractivity (Wildman–Crippen MR) is 121 cm³/mol. The molecule has 9 nitrogen and oxygen atoms in total. The maximum atomic E-state index is 13.2. The summed E-state index contributed by atoms with van der Waals surface area (Å²) in [6, 6.07) is 16.6. The van der Waals surface area contributed by atoms with Gasteiger partial charge in [-0.2, -0.15) is 0 Å². The number of hydrogen-bond donors (Lipinski definition) is 1. The van der Waals surface area contributed by atoms with Crippen LogP contribution < -0.4 is 14.4 Å². The molecule has 0 aromatic heterocycles. The monoisotopic (exact) mass is 455 g/mol. The minimum Gasteiger partial charge on any atom is -0.497 e. The Morgan fingerprint density at radius 1 is 1.06 bits per heavy atom. The molecule has 32 heavy (non-hydrogen) atoms. The molecule has 0 radical (unpaired) electrons. The van der Waals surface area contributed by atoms with Gasteiger partial charge in [-0.1, -0.05) is 18.2 Å². The maximum absolute atomic E-state index is 13.2. The van der Waals surface area contributed by atoms with Crippen molar-refractivity contribution >= 4 is 33.0 Å². The summed E-state index contributed by atoms with van der Waals surface area (Å²) in [5.74, 6) is 0.115. The van der Waals surface area contributed by atoms with Crippen LogP contribution in [0.1, 0.15) is 15.9 Å². The van der Waals surface area contributed by atoms with Crippen LogP contribution in [0.2, 0.25) is 0 Å². The van der Waals surface area contributed by atoms with Gasteiger partial charge in [0.05, 0.1) is 28.2 Å². The van der Waals surface area contributed by atoms with E-state index in [0.717, 1.165) is 10.4 Å². The number of para-hydroxylation sites is 1. The molecule has 3 rings (SSSR count). The van der Waals surface area contributed by atoms with Gasteiger partial charge < -0.3 is 10.1 Å². The van der Waals surface area contributed by atoms with Gasteiger partial charge in [0.2, 0.25) is 0 Å². The number of sulfonamides is 1. The minimum atomic E-state index is -4.17. The zero-order chi connectivity index (χ0) is 23.5. The number of rotatable bonds is 7. The second kappa shape index (κ2) is 9.06. The number of amides is 1. The van der Waals surface area contributed by atoms with Crippen molar-refractivity contribution in [3.8, 4) is 5.75 Å². The van der Waals surface area contributed by atoms with Gasteiger partial charge in [-0.15, -0.1) is 0 Å². The lowest BCUT2D eigenvalue weighted by molar-refractivity contribution is -0.385. The standard InChI is InChI=1S/C22H21N3O6S/c1-15-8-13-18(14-21(15)25(27)28)32(29,30)24(2)20-7-5-4-6-19(20)22(26)23-16-9-11-17(31-3)12-10-16/h4-14H,1-3H3,(H,23,26). The van der Waals surface area contributed by atoms with Crippen molar-refractivity contribution in [2.24, 2.45) is 0 Å². The molecule has 3 aromatic carbocycles. The Morgan fingerprint density at radius 2 is 1.72 bits per heavy atom. The molecule has 1 N–H and O–H groups in total. The van der Waals surface area contributed by atoms with E-state index >= 15 is 0 Å². The molecule has 0 aliphatic heterocycles. The molecule has 1 amide bonds. The molecule has 0 saturated carbocycles. The van der Waals surface area contributed by atoms with Crippen LogP contribution in [-0.2, 0) is 10.0 Å². The summed E-state index contributed by atoms with van der Waals surface area (Å²) in [7, 11) is -1.35. The van der Waals surface area contributed by atoms with E-state index in [1.807, 2.05) is 0 Å². The summed E-state index contributed by atoms with van der Waals surface area (Å²) in [4.78, 5) is 23.2. The highest BCUT2D eigenvalue weighted by Crippen LogP contribution is 2.29. The van der Waals surface area contributed by atoms with Crippen LogP contribution in [0.3, 0.4) is 0 Å². The van der Waals surface area contributed by atoms with Crippen molar-refractivity contribution in [3.05, 3.63) is 88.0 Å². The molecule has 0 saturated heterocycles. The fourth-order valence-electron chi connectivity index (χ4n) is 3.05. The van der Waals surface area contributed by atoms with Gasteiger partial charge in [-0.05, 0) is 49.4 Å². The van der Waals surface area contributed by atoms with Crippen LogP contribution in [0.15, 0.2) is 71.6 Å². The molecule has 0 heterocycles. The molecule has 166 valence electrons. The summed E-state index contributed by atoms with van der Waals surface area (Å²) in [5, 5.41) is 14.0. The number of carbonyl (C=O) groups excluding carboxylic acids is 1. The highest BCUT2D eigenvalue weighted by Gasteiger charge is 2.27. The van der Waals surface area contributed by atoms with Crippen molar-refractivity contribution in [1.29, 1.82) is 0 Å². The van der Waals surface area contributed by atoms with Gasteiger partial charge in [0.25, 0.3) is 21.6 Å². The summed E-state index contributed by atoms with van der Waals surface area (Å²) in [6.45, 7) is 1.52. The summed E-state index contributed by atoms with van der Waals surface area (Å²) >= 11 is 0. The average Bonchev–Trinajstić information content (AvgIpc) is 2.79. The molecule has 0 spiro atoms. The maximum Gasteiger partial charge on any atom is 0.273 e. The molecule has 10 heteroatoms. The molecule has 0 fully saturated rings. The van der Waals surface area contributed by atoms with Crippen LogP contribution in [0, 0.1) is 17.0 Å². The smallest absolute Gasteiger partial charge is 0.273 e. The first-order valence-corrected chi connectivity index (χ1v) is 10.9. The largest absolute Gasteiger partial charge is 0.497 e. The number of ether oxygens (including phenoxy) is 1. The van der Waals surface area contributed by atoms with Gasteiger partial charge in [0.1, 0.15) is 5.75 Å². The normalized spacial score (nSPS) is 11.0. The second-order valence-corrected chi connectivity index (χ2v) is 8.85. The van der Waals surface area contributed by atoms with Crippen molar-refractivity contribution in [2.45, 2.75) is 11.8 Å². The summed E-state index contributed by atoms with van der Waals surface area (Å²) < 4.78 is 32.4. The van der Waals surface area contributed by atoms with E-state index in [2.05, 4.69) is 5.32 Å². The number of anilines is 2. The summed E-state index contributed by atoms with van der Waals surface area (Å²) in [6.07, 6.45) is 0. The average molecular weight is 455 g/mol. The number of methoxy groups -OCH3 is 1. The Labute approximate surface area is 185 Å². The number of nitrogens with zero attached hydrogens (tertiary/aromatic N) is 2. The zero-order valence-electron chi connectivity index (χ0n) is 17.6. The van der Waals surface area contributed by atoms with Crippen LogP contribution in [0.5, 0.6) is 5.75 Å². The van der Waals surface area contributed by atoms with Crippen molar-refractivity contribution in [3.63, 3.8) is 0 Å². The van der Waals surface area contributed by atoms with E-state index < -0.39 is 20.9 Å². The van der Waals surface area contributed by atoms with E-state index in [9.17, 15) is 23.3 Å².